The van der Waals surface area contributed by atoms with Gasteiger partial charge in [0, 0.05) is 24.5 Å². The zero-order valence-corrected chi connectivity index (χ0v) is 11.7. The fraction of sp³-hybridized carbons (Fsp3) is 0.571. The van der Waals surface area contributed by atoms with Crippen molar-refractivity contribution in [3.05, 3.63) is 24.0 Å². The minimum absolute atomic E-state index is 0.108. The van der Waals surface area contributed by atoms with E-state index < -0.39 is 0 Å². The molecule has 0 bridgehead atoms. The van der Waals surface area contributed by atoms with Crippen LogP contribution in [0.4, 0.5) is 5.69 Å². The van der Waals surface area contributed by atoms with E-state index in [1.54, 1.807) is 12.3 Å². The second-order valence-corrected chi connectivity index (χ2v) is 4.96. The number of hydrogen-bond donors (Lipinski definition) is 2. The molecule has 0 aliphatic heterocycles. The lowest BCUT2D eigenvalue weighted by Gasteiger charge is -2.15. The van der Waals surface area contributed by atoms with Crippen LogP contribution in [0.3, 0.4) is 0 Å². The third kappa shape index (κ3) is 4.73. The van der Waals surface area contributed by atoms with Gasteiger partial charge < -0.3 is 10.6 Å². The Balaban J connectivity index is 2.63. The molecule has 4 heteroatoms. The normalized spacial score (nSPS) is 12.3. The van der Waals surface area contributed by atoms with Crippen LogP contribution in [-0.4, -0.2) is 23.5 Å². The maximum Gasteiger partial charge on any atom is 0.270 e. The first-order valence-corrected chi connectivity index (χ1v) is 6.53. The maximum absolute atomic E-state index is 12.0. The molecule has 1 atom stereocenters. The molecule has 0 aliphatic rings. The second kappa shape index (κ2) is 6.99. The predicted octanol–water partition coefficient (Wildman–Crippen LogP) is 2.68. The minimum atomic E-state index is -0.108. The molecule has 0 saturated carbocycles. The van der Waals surface area contributed by atoms with Crippen molar-refractivity contribution in [1.29, 1.82) is 0 Å². The number of hydrogen-bond acceptors (Lipinski definition) is 3. The standard InChI is InChI=1S/C14H23N3O/c1-5-15-12-6-7-16-13(9-12)14(18)17-11(4)8-10(2)3/h6-7,9-11H,5,8H2,1-4H3,(H,15,16)(H,17,18). The predicted molar refractivity (Wildman–Crippen MR) is 74.8 cm³/mol. The Labute approximate surface area is 109 Å². The zero-order chi connectivity index (χ0) is 13.5. The molecule has 1 heterocycles. The van der Waals surface area contributed by atoms with Crippen LogP contribution >= 0.6 is 0 Å². The molecule has 0 aromatic carbocycles. The highest BCUT2D eigenvalue weighted by Crippen LogP contribution is 2.09. The summed E-state index contributed by atoms with van der Waals surface area (Å²) in [4.78, 5) is 16.1. The number of carbonyl (C=O) groups is 1. The zero-order valence-electron chi connectivity index (χ0n) is 11.7. The molecule has 100 valence electrons. The van der Waals surface area contributed by atoms with Gasteiger partial charge in [0.15, 0.2) is 0 Å². The van der Waals surface area contributed by atoms with Crippen LogP contribution < -0.4 is 10.6 Å². The van der Waals surface area contributed by atoms with Crippen molar-refractivity contribution in [2.45, 2.75) is 40.2 Å². The maximum atomic E-state index is 12.0. The van der Waals surface area contributed by atoms with E-state index in [0.717, 1.165) is 18.7 Å². The van der Waals surface area contributed by atoms with Gasteiger partial charge in [0.05, 0.1) is 0 Å². The highest BCUT2D eigenvalue weighted by molar-refractivity contribution is 5.93. The Morgan fingerprint density at radius 3 is 2.72 bits per heavy atom. The summed E-state index contributed by atoms with van der Waals surface area (Å²) in [7, 11) is 0. The highest BCUT2D eigenvalue weighted by Gasteiger charge is 2.12. The van der Waals surface area contributed by atoms with Crippen molar-refractivity contribution in [3.8, 4) is 0 Å². The van der Waals surface area contributed by atoms with E-state index in [0.29, 0.717) is 11.6 Å². The summed E-state index contributed by atoms with van der Waals surface area (Å²) in [6, 6.07) is 3.81. The van der Waals surface area contributed by atoms with Crippen molar-refractivity contribution < 1.29 is 4.79 Å². The molecule has 1 rings (SSSR count). The lowest BCUT2D eigenvalue weighted by Crippen LogP contribution is -2.34. The van der Waals surface area contributed by atoms with Crippen molar-refractivity contribution >= 4 is 11.6 Å². The average Bonchev–Trinajstić information content (AvgIpc) is 2.28. The Morgan fingerprint density at radius 2 is 2.11 bits per heavy atom. The van der Waals surface area contributed by atoms with E-state index in [1.807, 2.05) is 19.9 Å². The first-order chi connectivity index (χ1) is 8.52. The number of rotatable bonds is 6. The van der Waals surface area contributed by atoms with Gasteiger partial charge in [-0.1, -0.05) is 13.8 Å². The van der Waals surface area contributed by atoms with E-state index >= 15 is 0 Å². The molecule has 4 nitrogen and oxygen atoms in total. The van der Waals surface area contributed by atoms with Gasteiger partial charge >= 0.3 is 0 Å². The largest absolute Gasteiger partial charge is 0.385 e. The lowest BCUT2D eigenvalue weighted by molar-refractivity contribution is 0.0931. The van der Waals surface area contributed by atoms with Gasteiger partial charge in [0.2, 0.25) is 0 Å². The third-order valence-electron chi connectivity index (χ3n) is 2.58. The van der Waals surface area contributed by atoms with Crippen LogP contribution in [0.1, 0.15) is 44.6 Å². The number of nitrogens with one attached hydrogen (secondary N) is 2. The van der Waals surface area contributed by atoms with Crippen LogP contribution in [0.25, 0.3) is 0 Å². The molecule has 0 aliphatic carbocycles. The number of nitrogens with zero attached hydrogens (tertiary/aromatic N) is 1. The molecule has 1 unspecified atom stereocenters. The molecule has 1 amide bonds. The van der Waals surface area contributed by atoms with Crippen LogP contribution in [0.15, 0.2) is 18.3 Å². The summed E-state index contributed by atoms with van der Waals surface area (Å²) in [6.07, 6.45) is 2.62. The first kappa shape index (κ1) is 14.5. The topological polar surface area (TPSA) is 54.0 Å². The first-order valence-electron chi connectivity index (χ1n) is 6.53. The fourth-order valence-electron chi connectivity index (χ4n) is 1.93. The van der Waals surface area contributed by atoms with E-state index in [9.17, 15) is 4.79 Å². The van der Waals surface area contributed by atoms with Crippen molar-refractivity contribution in [3.63, 3.8) is 0 Å². The van der Waals surface area contributed by atoms with Crippen molar-refractivity contribution in [1.82, 2.24) is 10.3 Å². The fourth-order valence-corrected chi connectivity index (χ4v) is 1.93. The molecule has 0 saturated heterocycles. The van der Waals surface area contributed by atoms with E-state index in [1.165, 1.54) is 0 Å². The van der Waals surface area contributed by atoms with Gasteiger partial charge in [-0.3, -0.25) is 9.78 Å². The molecule has 0 radical (unpaired) electrons. The van der Waals surface area contributed by atoms with E-state index in [-0.39, 0.29) is 11.9 Å². The SMILES string of the molecule is CCNc1ccnc(C(=O)NC(C)CC(C)C)c1. The van der Waals surface area contributed by atoms with Crippen molar-refractivity contribution in [2.75, 3.05) is 11.9 Å². The Morgan fingerprint density at radius 1 is 1.39 bits per heavy atom. The van der Waals surface area contributed by atoms with Gasteiger partial charge in [-0.15, -0.1) is 0 Å². The Kier molecular flexibility index (Phi) is 5.62. The van der Waals surface area contributed by atoms with Gasteiger partial charge in [-0.05, 0) is 38.3 Å². The Hall–Kier alpha value is -1.58. The van der Waals surface area contributed by atoms with Crippen LogP contribution in [0.2, 0.25) is 0 Å². The van der Waals surface area contributed by atoms with Gasteiger partial charge in [0.1, 0.15) is 5.69 Å². The summed E-state index contributed by atoms with van der Waals surface area (Å²) in [5, 5.41) is 6.14. The molecule has 0 fully saturated rings. The number of amides is 1. The monoisotopic (exact) mass is 249 g/mol. The van der Waals surface area contributed by atoms with Gasteiger partial charge in [-0.25, -0.2) is 0 Å². The van der Waals surface area contributed by atoms with Gasteiger partial charge in [0.25, 0.3) is 5.91 Å². The summed E-state index contributed by atoms with van der Waals surface area (Å²) in [5.41, 5.74) is 1.39. The molecule has 1 aromatic rings. The molecule has 0 spiro atoms. The van der Waals surface area contributed by atoms with E-state index in [4.69, 9.17) is 0 Å². The molecule has 1 aromatic heterocycles. The number of aromatic nitrogens is 1. The summed E-state index contributed by atoms with van der Waals surface area (Å²) >= 11 is 0. The number of carbonyl (C=O) groups excluding carboxylic acids is 1. The quantitative estimate of drug-likeness (QED) is 0.815. The van der Waals surface area contributed by atoms with Crippen LogP contribution in [0, 0.1) is 5.92 Å². The summed E-state index contributed by atoms with van der Waals surface area (Å²) in [6.45, 7) is 9.16. The summed E-state index contributed by atoms with van der Waals surface area (Å²) in [5.74, 6) is 0.462. The average molecular weight is 249 g/mol. The smallest absolute Gasteiger partial charge is 0.270 e. The molecular weight excluding hydrogens is 226 g/mol. The number of pyridine rings is 1. The Bertz CT molecular complexity index is 390. The van der Waals surface area contributed by atoms with Gasteiger partial charge in [-0.2, -0.15) is 0 Å². The molecule has 2 N–H and O–H groups in total. The minimum Gasteiger partial charge on any atom is -0.385 e. The molecular formula is C14H23N3O. The molecule has 18 heavy (non-hydrogen) atoms. The lowest BCUT2D eigenvalue weighted by atomic mass is 10.1. The van der Waals surface area contributed by atoms with Crippen LogP contribution in [-0.2, 0) is 0 Å². The number of anilines is 1. The van der Waals surface area contributed by atoms with Crippen molar-refractivity contribution in [2.24, 2.45) is 5.92 Å². The summed E-state index contributed by atoms with van der Waals surface area (Å²) < 4.78 is 0. The second-order valence-electron chi connectivity index (χ2n) is 4.96. The van der Waals surface area contributed by atoms with Crippen LogP contribution in [0.5, 0.6) is 0 Å². The van der Waals surface area contributed by atoms with E-state index in [2.05, 4.69) is 29.5 Å². The highest BCUT2D eigenvalue weighted by atomic mass is 16.1. The third-order valence-corrected chi connectivity index (χ3v) is 2.58.